The Morgan fingerprint density at radius 1 is 1.25 bits per heavy atom. The van der Waals surface area contributed by atoms with Crippen LogP contribution < -0.4 is 5.32 Å². The lowest BCUT2D eigenvalue weighted by Crippen LogP contribution is -2.29. The highest BCUT2D eigenvalue weighted by Gasteiger charge is 2.28. The number of nitrogens with one attached hydrogen (secondary N) is 1. The number of aryl methyl sites for hydroxylation is 1. The summed E-state index contributed by atoms with van der Waals surface area (Å²) < 4.78 is 0. The average molecular weight is 267 g/mol. The van der Waals surface area contributed by atoms with E-state index >= 15 is 0 Å². The summed E-state index contributed by atoms with van der Waals surface area (Å²) in [4.78, 5) is 8.38. The zero-order valence-corrected chi connectivity index (χ0v) is 11.9. The van der Waals surface area contributed by atoms with E-state index in [4.69, 9.17) is 0 Å². The van der Waals surface area contributed by atoms with Gasteiger partial charge in [-0.3, -0.25) is 0 Å². The fourth-order valence-electron chi connectivity index (χ4n) is 3.32. The third-order valence-electron chi connectivity index (χ3n) is 4.18. The third-order valence-corrected chi connectivity index (χ3v) is 4.18. The molecular weight excluding hydrogens is 246 g/mol. The van der Waals surface area contributed by atoms with Gasteiger partial charge in [-0.2, -0.15) is 0 Å². The zero-order valence-electron chi connectivity index (χ0n) is 11.9. The van der Waals surface area contributed by atoms with Gasteiger partial charge in [0, 0.05) is 29.9 Å². The molecule has 2 aromatic rings. The molecule has 0 amide bonds. The lowest BCUT2D eigenvalue weighted by atomic mass is 9.77. The summed E-state index contributed by atoms with van der Waals surface area (Å²) in [6, 6.07) is 9.17. The first-order valence-corrected chi connectivity index (χ1v) is 7.46. The normalized spacial score (nSPS) is 19.4. The van der Waals surface area contributed by atoms with Crippen molar-refractivity contribution >= 4 is 0 Å². The minimum atomic E-state index is 0.308. The zero-order chi connectivity index (χ0) is 13.8. The van der Waals surface area contributed by atoms with Crippen LogP contribution in [0.5, 0.6) is 0 Å². The first-order chi connectivity index (χ1) is 9.90. The highest BCUT2D eigenvalue weighted by atomic mass is 14.9. The maximum Gasteiger partial charge on any atom is 0.115 e. The predicted octanol–water partition coefficient (Wildman–Crippen LogP) is 3.25. The van der Waals surface area contributed by atoms with Gasteiger partial charge in [0.05, 0.1) is 0 Å². The second kappa shape index (κ2) is 6.14. The molecule has 3 rings (SSSR count). The highest BCUT2D eigenvalue weighted by molar-refractivity contribution is 5.35. The number of aromatic nitrogens is 2. The minimum Gasteiger partial charge on any atom is -0.310 e. The van der Waals surface area contributed by atoms with Gasteiger partial charge < -0.3 is 5.32 Å². The molecule has 0 saturated carbocycles. The molecule has 0 saturated heterocycles. The van der Waals surface area contributed by atoms with Gasteiger partial charge in [0.25, 0.3) is 0 Å². The number of hydrogen-bond donors (Lipinski definition) is 1. The van der Waals surface area contributed by atoms with Crippen LogP contribution in [0.25, 0.3) is 0 Å². The molecule has 0 bridgehead atoms. The van der Waals surface area contributed by atoms with Crippen molar-refractivity contribution in [1.82, 2.24) is 15.3 Å². The molecule has 2 atom stereocenters. The van der Waals surface area contributed by atoms with Gasteiger partial charge in [0.1, 0.15) is 6.33 Å². The number of benzene rings is 1. The van der Waals surface area contributed by atoms with E-state index in [1.165, 1.54) is 36.0 Å². The van der Waals surface area contributed by atoms with Crippen LogP contribution in [0.3, 0.4) is 0 Å². The summed E-state index contributed by atoms with van der Waals surface area (Å²) >= 11 is 0. The summed E-state index contributed by atoms with van der Waals surface area (Å²) in [7, 11) is 0. The standard InChI is InChI=1S/C17H21N3/c1-2-20-17(14-10-18-12-19-11-14)16-9-5-7-13-6-3-4-8-15(13)16/h3-4,6,8,10-12,16-17,20H,2,5,7,9H2,1H3. The number of hydrogen-bond acceptors (Lipinski definition) is 3. The van der Waals surface area contributed by atoms with Crippen molar-refractivity contribution in [1.29, 1.82) is 0 Å². The Morgan fingerprint density at radius 2 is 2.05 bits per heavy atom. The van der Waals surface area contributed by atoms with Gasteiger partial charge in [-0.25, -0.2) is 9.97 Å². The molecule has 3 nitrogen and oxygen atoms in total. The van der Waals surface area contributed by atoms with Gasteiger partial charge in [0.15, 0.2) is 0 Å². The monoisotopic (exact) mass is 267 g/mol. The largest absolute Gasteiger partial charge is 0.310 e. The smallest absolute Gasteiger partial charge is 0.115 e. The van der Waals surface area contributed by atoms with E-state index in [2.05, 4.69) is 46.5 Å². The van der Waals surface area contributed by atoms with Gasteiger partial charge in [-0.05, 0) is 36.9 Å². The number of fused-ring (bicyclic) bond motifs is 1. The van der Waals surface area contributed by atoms with Crippen molar-refractivity contribution in [3.63, 3.8) is 0 Å². The molecule has 1 heterocycles. The molecule has 3 heteroatoms. The van der Waals surface area contributed by atoms with Crippen LogP contribution in [0.1, 0.15) is 48.4 Å². The molecule has 1 aliphatic carbocycles. The summed E-state index contributed by atoms with van der Waals surface area (Å²) in [6.07, 6.45) is 9.17. The molecular formula is C17H21N3. The average Bonchev–Trinajstić information content (AvgIpc) is 2.53. The van der Waals surface area contributed by atoms with Crippen LogP contribution in [-0.2, 0) is 6.42 Å². The fourth-order valence-corrected chi connectivity index (χ4v) is 3.32. The molecule has 1 N–H and O–H groups in total. The molecule has 1 aromatic heterocycles. The minimum absolute atomic E-state index is 0.308. The van der Waals surface area contributed by atoms with Crippen LogP contribution in [0, 0.1) is 0 Å². The quantitative estimate of drug-likeness (QED) is 0.924. The molecule has 0 aliphatic heterocycles. The molecule has 0 spiro atoms. The number of likely N-dealkylation sites (N-methyl/N-ethyl adjacent to an activating group) is 1. The number of nitrogens with zero attached hydrogens (tertiary/aromatic N) is 2. The van der Waals surface area contributed by atoms with E-state index in [1.54, 1.807) is 6.33 Å². The van der Waals surface area contributed by atoms with E-state index in [-0.39, 0.29) is 0 Å². The highest BCUT2D eigenvalue weighted by Crippen LogP contribution is 2.39. The van der Waals surface area contributed by atoms with Crippen LogP contribution >= 0.6 is 0 Å². The second-order valence-electron chi connectivity index (χ2n) is 5.40. The van der Waals surface area contributed by atoms with E-state index < -0.39 is 0 Å². The van der Waals surface area contributed by atoms with Crippen molar-refractivity contribution in [3.05, 3.63) is 59.7 Å². The van der Waals surface area contributed by atoms with Crippen LogP contribution in [0.15, 0.2) is 43.0 Å². The molecule has 20 heavy (non-hydrogen) atoms. The summed E-state index contributed by atoms with van der Waals surface area (Å²) in [5.74, 6) is 0.519. The van der Waals surface area contributed by atoms with Crippen molar-refractivity contribution < 1.29 is 0 Å². The van der Waals surface area contributed by atoms with Crippen molar-refractivity contribution in [2.45, 2.75) is 38.1 Å². The van der Waals surface area contributed by atoms with Crippen molar-refractivity contribution in [2.75, 3.05) is 6.54 Å². The van der Waals surface area contributed by atoms with E-state index in [1.807, 2.05) is 12.4 Å². The predicted molar refractivity (Wildman–Crippen MR) is 80.6 cm³/mol. The van der Waals surface area contributed by atoms with Crippen LogP contribution in [0.4, 0.5) is 0 Å². The number of rotatable bonds is 4. The molecule has 2 unspecified atom stereocenters. The Balaban J connectivity index is 1.97. The Bertz CT molecular complexity index is 553. The third kappa shape index (κ3) is 2.59. The lowest BCUT2D eigenvalue weighted by Gasteiger charge is -2.33. The Hall–Kier alpha value is -1.74. The topological polar surface area (TPSA) is 37.8 Å². The molecule has 0 radical (unpaired) electrons. The summed E-state index contributed by atoms with van der Waals surface area (Å²) in [5.41, 5.74) is 4.19. The lowest BCUT2D eigenvalue weighted by molar-refractivity contribution is 0.407. The molecule has 0 fully saturated rings. The Labute approximate surface area is 120 Å². The maximum atomic E-state index is 4.19. The first kappa shape index (κ1) is 13.3. The van der Waals surface area contributed by atoms with Crippen LogP contribution in [-0.4, -0.2) is 16.5 Å². The maximum absolute atomic E-state index is 4.19. The SMILES string of the molecule is CCNC(c1cncnc1)C1CCCc2ccccc21. The van der Waals surface area contributed by atoms with Crippen LogP contribution in [0.2, 0.25) is 0 Å². The fraction of sp³-hybridized carbons (Fsp3) is 0.412. The summed E-state index contributed by atoms with van der Waals surface area (Å²) in [5, 5.41) is 3.63. The molecule has 1 aliphatic rings. The molecule has 1 aromatic carbocycles. The first-order valence-electron chi connectivity index (χ1n) is 7.46. The Morgan fingerprint density at radius 3 is 2.85 bits per heavy atom. The van der Waals surface area contributed by atoms with Gasteiger partial charge >= 0.3 is 0 Å². The Kier molecular flexibility index (Phi) is 4.07. The molecule has 104 valence electrons. The van der Waals surface area contributed by atoms with E-state index in [0.717, 1.165) is 6.54 Å². The summed E-state index contributed by atoms with van der Waals surface area (Å²) in [6.45, 7) is 3.11. The van der Waals surface area contributed by atoms with Crippen molar-refractivity contribution in [3.8, 4) is 0 Å². The van der Waals surface area contributed by atoms with E-state index in [0.29, 0.717) is 12.0 Å². The van der Waals surface area contributed by atoms with Gasteiger partial charge in [-0.15, -0.1) is 0 Å². The second-order valence-corrected chi connectivity index (χ2v) is 5.40. The van der Waals surface area contributed by atoms with E-state index in [9.17, 15) is 0 Å². The van der Waals surface area contributed by atoms with Gasteiger partial charge in [0.2, 0.25) is 0 Å². The van der Waals surface area contributed by atoms with Gasteiger partial charge in [-0.1, -0.05) is 31.2 Å². The van der Waals surface area contributed by atoms with Crippen molar-refractivity contribution in [2.24, 2.45) is 0 Å².